The Kier molecular flexibility index (Phi) is 6.66. The summed E-state index contributed by atoms with van der Waals surface area (Å²) < 4.78 is 5.37. The van der Waals surface area contributed by atoms with E-state index in [-0.39, 0.29) is 11.0 Å². The van der Waals surface area contributed by atoms with E-state index in [9.17, 15) is 4.79 Å². The second kappa shape index (κ2) is 9.17. The molecule has 1 saturated heterocycles. The van der Waals surface area contributed by atoms with E-state index in [2.05, 4.69) is 22.5 Å². The molecule has 2 N–H and O–H groups in total. The number of ether oxygens (including phenoxy) is 1. The minimum atomic E-state index is -0.244. The van der Waals surface area contributed by atoms with E-state index in [1.54, 1.807) is 18.2 Å². The van der Waals surface area contributed by atoms with Crippen molar-refractivity contribution in [1.82, 2.24) is 5.32 Å². The maximum absolute atomic E-state index is 12.3. The Labute approximate surface area is 169 Å². The molecule has 1 amide bonds. The van der Waals surface area contributed by atoms with Crippen molar-refractivity contribution in [2.45, 2.75) is 13.3 Å². The lowest BCUT2D eigenvalue weighted by molar-refractivity contribution is 0.0977. The molecule has 0 aromatic heterocycles. The van der Waals surface area contributed by atoms with Crippen molar-refractivity contribution < 1.29 is 9.53 Å². The topological polar surface area (TPSA) is 53.6 Å². The molecule has 2 aromatic rings. The summed E-state index contributed by atoms with van der Waals surface area (Å²) in [4.78, 5) is 14.5. The van der Waals surface area contributed by atoms with Crippen LogP contribution >= 0.6 is 23.8 Å². The third-order valence-electron chi connectivity index (χ3n) is 4.41. The summed E-state index contributed by atoms with van der Waals surface area (Å²) in [5, 5.41) is 6.56. The molecule has 0 aliphatic carbocycles. The molecule has 0 spiro atoms. The predicted octanol–water partition coefficient (Wildman–Crippen LogP) is 3.87. The second-order valence-corrected chi connectivity index (χ2v) is 7.04. The van der Waals surface area contributed by atoms with Crippen molar-refractivity contribution in [2.75, 3.05) is 36.5 Å². The number of anilines is 2. The Bertz CT molecular complexity index is 820. The first kappa shape index (κ1) is 19.6. The Balaban J connectivity index is 1.59. The van der Waals surface area contributed by atoms with Gasteiger partial charge in [-0.3, -0.25) is 10.1 Å². The highest BCUT2D eigenvalue weighted by Crippen LogP contribution is 2.29. The third kappa shape index (κ3) is 5.19. The highest BCUT2D eigenvalue weighted by atomic mass is 35.5. The normalized spacial score (nSPS) is 13.9. The second-order valence-electron chi connectivity index (χ2n) is 6.22. The molecule has 1 aliphatic heterocycles. The molecule has 5 nitrogen and oxygen atoms in total. The molecule has 0 unspecified atom stereocenters. The van der Waals surface area contributed by atoms with E-state index in [1.807, 2.05) is 24.3 Å². The maximum atomic E-state index is 12.3. The van der Waals surface area contributed by atoms with Crippen LogP contribution in [0.25, 0.3) is 0 Å². The molecule has 142 valence electrons. The van der Waals surface area contributed by atoms with Crippen molar-refractivity contribution in [3.8, 4) is 0 Å². The Morgan fingerprint density at radius 2 is 1.89 bits per heavy atom. The van der Waals surface area contributed by atoms with Crippen LogP contribution in [-0.4, -0.2) is 37.3 Å². The number of hydrogen-bond acceptors (Lipinski definition) is 4. The van der Waals surface area contributed by atoms with E-state index in [0.29, 0.717) is 23.8 Å². The standard InChI is InChI=1S/C20H22ClN3O2S/c1-2-14-3-5-15(6-4-14)19(25)23-20(27)22-16-7-8-18(17(21)13-16)24-9-11-26-12-10-24/h3-8,13H,2,9-12H2,1H3,(H2,22,23,25,27). The first-order chi connectivity index (χ1) is 13.1. The number of halogens is 1. The van der Waals surface area contributed by atoms with Crippen LogP contribution in [0, 0.1) is 0 Å². The van der Waals surface area contributed by atoms with Gasteiger partial charge in [-0.2, -0.15) is 0 Å². The molecule has 0 bridgehead atoms. The van der Waals surface area contributed by atoms with Gasteiger partial charge in [0.05, 0.1) is 23.9 Å². The summed E-state index contributed by atoms with van der Waals surface area (Å²) in [6, 6.07) is 13.1. The molecule has 27 heavy (non-hydrogen) atoms. The number of benzene rings is 2. The fourth-order valence-electron chi connectivity index (χ4n) is 2.87. The van der Waals surface area contributed by atoms with E-state index in [4.69, 9.17) is 28.6 Å². The lowest BCUT2D eigenvalue weighted by Gasteiger charge is -2.29. The SMILES string of the molecule is CCc1ccc(C(=O)NC(=S)Nc2ccc(N3CCOCC3)c(Cl)c2)cc1. The predicted molar refractivity (Wildman–Crippen MR) is 114 cm³/mol. The van der Waals surface area contributed by atoms with Gasteiger partial charge in [0.2, 0.25) is 0 Å². The van der Waals surface area contributed by atoms with Gasteiger partial charge < -0.3 is 15.0 Å². The van der Waals surface area contributed by atoms with Gasteiger partial charge in [-0.1, -0.05) is 30.7 Å². The largest absolute Gasteiger partial charge is 0.378 e. The van der Waals surface area contributed by atoms with Crippen LogP contribution in [0.3, 0.4) is 0 Å². The molecule has 3 rings (SSSR count). The molecular formula is C20H22ClN3O2S. The molecule has 0 radical (unpaired) electrons. The van der Waals surface area contributed by atoms with Crippen LogP contribution in [0.4, 0.5) is 11.4 Å². The zero-order valence-corrected chi connectivity index (χ0v) is 16.7. The van der Waals surface area contributed by atoms with Crippen LogP contribution in [0.2, 0.25) is 5.02 Å². The van der Waals surface area contributed by atoms with Crippen molar-refractivity contribution >= 4 is 46.2 Å². The fourth-order valence-corrected chi connectivity index (χ4v) is 3.39. The number of carbonyl (C=O) groups excluding carboxylic acids is 1. The van der Waals surface area contributed by atoms with Gasteiger partial charge in [-0.05, 0) is 54.5 Å². The molecule has 1 aliphatic rings. The summed E-state index contributed by atoms with van der Waals surface area (Å²) >= 11 is 11.7. The summed E-state index contributed by atoms with van der Waals surface area (Å²) in [5.74, 6) is -0.244. The van der Waals surface area contributed by atoms with Gasteiger partial charge in [-0.25, -0.2) is 0 Å². The van der Waals surface area contributed by atoms with E-state index >= 15 is 0 Å². The molecule has 0 atom stereocenters. The highest BCUT2D eigenvalue weighted by Gasteiger charge is 2.15. The van der Waals surface area contributed by atoms with E-state index in [1.165, 1.54) is 5.56 Å². The first-order valence-corrected chi connectivity index (χ1v) is 9.69. The number of aryl methyl sites for hydroxylation is 1. The minimum absolute atomic E-state index is 0.231. The number of morpholine rings is 1. The quantitative estimate of drug-likeness (QED) is 0.759. The molecule has 7 heteroatoms. The van der Waals surface area contributed by atoms with Gasteiger partial charge in [0.1, 0.15) is 0 Å². The lowest BCUT2D eigenvalue weighted by Crippen LogP contribution is -2.36. The Hall–Kier alpha value is -2.15. The van der Waals surface area contributed by atoms with Crippen LogP contribution in [-0.2, 0) is 11.2 Å². The summed E-state index contributed by atoms with van der Waals surface area (Å²) in [6.07, 6.45) is 0.934. The van der Waals surface area contributed by atoms with Crippen LogP contribution in [0.1, 0.15) is 22.8 Å². The van der Waals surface area contributed by atoms with Crippen molar-refractivity contribution in [3.63, 3.8) is 0 Å². The van der Waals surface area contributed by atoms with Gasteiger partial charge in [0.15, 0.2) is 5.11 Å². The Morgan fingerprint density at radius 1 is 1.19 bits per heavy atom. The average molecular weight is 404 g/mol. The smallest absolute Gasteiger partial charge is 0.257 e. The number of hydrogen-bond donors (Lipinski definition) is 2. The lowest BCUT2D eigenvalue weighted by atomic mass is 10.1. The minimum Gasteiger partial charge on any atom is -0.378 e. The summed E-state index contributed by atoms with van der Waals surface area (Å²) in [6.45, 7) is 5.11. The number of carbonyl (C=O) groups is 1. The van der Waals surface area contributed by atoms with Crippen molar-refractivity contribution in [2.24, 2.45) is 0 Å². The van der Waals surface area contributed by atoms with E-state index < -0.39 is 0 Å². The third-order valence-corrected chi connectivity index (χ3v) is 4.92. The molecule has 2 aromatic carbocycles. The molecular weight excluding hydrogens is 382 g/mol. The number of nitrogens with zero attached hydrogens (tertiary/aromatic N) is 1. The van der Waals surface area contributed by atoms with E-state index in [0.717, 1.165) is 30.9 Å². The van der Waals surface area contributed by atoms with Gasteiger partial charge in [0, 0.05) is 24.3 Å². The monoisotopic (exact) mass is 403 g/mol. The number of nitrogens with one attached hydrogen (secondary N) is 2. The molecule has 0 saturated carbocycles. The van der Waals surface area contributed by atoms with Gasteiger partial charge in [-0.15, -0.1) is 0 Å². The average Bonchev–Trinajstić information content (AvgIpc) is 2.68. The van der Waals surface area contributed by atoms with Crippen molar-refractivity contribution in [1.29, 1.82) is 0 Å². The fraction of sp³-hybridized carbons (Fsp3) is 0.300. The maximum Gasteiger partial charge on any atom is 0.257 e. The molecule has 1 fully saturated rings. The van der Waals surface area contributed by atoms with Crippen LogP contribution in [0.15, 0.2) is 42.5 Å². The first-order valence-electron chi connectivity index (χ1n) is 8.90. The number of rotatable bonds is 4. The molecule has 1 heterocycles. The van der Waals surface area contributed by atoms with Crippen molar-refractivity contribution in [3.05, 3.63) is 58.6 Å². The zero-order chi connectivity index (χ0) is 19.2. The number of thiocarbonyl (C=S) groups is 1. The van der Waals surface area contributed by atoms with Crippen LogP contribution < -0.4 is 15.5 Å². The highest BCUT2D eigenvalue weighted by molar-refractivity contribution is 7.80. The summed E-state index contributed by atoms with van der Waals surface area (Å²) in [7, 11) is 0. The Morgan fingerprint density at radius 3 is 2.52 bits per heavy atom. The van der Waals surface area contributed by atoms with Gasteiger partial charge in [0.25, 0.3) is 5.91 Å². The zero-order valence-electron chi connectivity index (χ0n) is 15.1. The summed E-state index contributed by atoms with van der Waals surface area (Å²) in [5.41, 5.74) is 3.44. The number of amides is 1. The van der Waals surface area contributed by atoms with Gasteiger partial charge >= 0.3 is 0 Å². The van der Waals surface area contributed by atoms with Crippen LogP contribution in [0.5, 0.6) is 0 Å².